The Labute approximate surface area is 200 Å². The van der Waals surface area contributed by atoms with Crippen LogP contribution in [-0.2, 0) is 25.7 Å². The van der Waals surface area contributed by atoms with Crippen LogP contribution in [0.5, 0.6) is 0 Å². The lowest BCUT2D eigenvalue weighted by Crippen LogP contribution is -2.55. The third kappa shape index (κ3) is 4.27. The number of hydrogen-bond acceptors (Lipinski definition) is 4. The summed E-state index contributed by atoms with van der Waals surface area (Å²) in [5.74, 6) is 0. The summed E-state index contributed by atoms with van der Waals surface area (Å²) in [6.45, 7) is 3.54. The molecule has 1 aliphatic carbocycles. The van der Waals surface area contributed by atoms with E-state index >= 15 is 0 Å². The van der Waals surface area contributed by atoms with E-state index in [-0.39, 0.29) is 12.8 Å². The normalized spacial score (nSPS) is 17.1. The average molecular weight is 596 g/mol. The van der Waals surface area contributed by atoms with E-state index in [0.717, 1.165) is 0 Å². The molecule has 0 heterocycles. The molecule has 2 unspecified atom stereocenters. The smallest absolute Gasteiger partial charge is 0.269 e. The Morgan fingerprint density at radius 3 is 1.42 bits per heavy atom. The molecule has 170 valence electrons. The summed E-state index contributed by atoms with van der Waals surface area (Å²) in [5.41, 5.74) is 0.593. The SMILES string of the molecule is CCCC(C1(C(CCC)S(=O)(=O)O)c2cc(Br)ccc2-c2ccc(Br)cc21)S(=O)(=O)O. The molecule has 0 fully saturated rings. The molecule has 0 aromatic heterocycles. The molecule has 2 N–H and O–H groups in total. The Morgan fingerprint density at radius 2 is 1.13 bits per heavy atom. The second-order valence-electron chi connectivity index (χ2n) is 7.83. The topological polar surface area (TPSA) is 109 Å². The van der Waals surface area contributed by atoms with E-state index in [4.69, 9.17) is 0 Å². The molecule has 2 aromatic carbocycles. The van der Waals surface area contributed by atoms with Gasteiger partial charge in [-0.15, -0.1) is 0 Å². The third-order valence-corrected chi connectivity index (χ3v) is 9.62. The second kappa shape index (κ2) is 8.87. The van der Waals surface area contributed by atoms with Crippen molar-refractivity contribution in [1.29, 1.82) is 0 Å². The second-order valence-corrected chi connectivity index (χ2v) is 12.9. The summed E-state index contributed by atoms with van der Waals surface area (Å²) in [6.07, 6.45) is 0.825. The summed E-state index contributed by atoms with van der Waals surface area (Å²) < 4.78 is 73.2. The minimum atomic E-state index is -4.71. The van der Waals surface area contributed by atoms with Gasteiger partial charge in [0.1, 0.15) is 10.5 Å². The Morgan fingerprint density at radius 1 is 0.774 bits per heavy atom. The molecule has 0 aliphatic heterocycles. The van der Waals surface area contributed by atoms with Crippen molar-refractivity contribution in [1.82, 2.24) is 0 Å². The highest BCUT2D eigenvalue weighted by Crippen LogP contribution is 2.58. The number of benzene rings is 2. The molecule has 1 aliphatic rings. The van der Waals surface area contributed by atoms with Crippen LogP contribution in [0.1, 0.15) is 50.7 Å². The van der Waals surface area contributed by atoms with Crippen molar-refractivity contribution in [3.8, 4) is 11.1 Å². The molecule has 3 rings (SSSR count). The van der Waals surface area contributed by atoms with Gasteiger partial charge in [0.15, 0.2) is 0 Å². The predicted octanol–water partition coefficient (Wildman–Crippen LogP) is 5.59. The van der Waals surface area contributed by atoms with Gasteiger partial charge in [0.2, 0.25) is 0 Å². The van der Waals surface area contributed by atoms with E-state index in [9.17, 15) is 25.9 Å². The van der Waals surface area contributed by atoms with Crippen LogP contribution in [0.25, 0.3) is 11.1 Å². The van der Waals surface area contributed by atoms with Gasteiger partial charge in [-0.25, -0.2) is 0 Å². The summed E-state index contributed by atoms with van der Waals surface area (Å²) in [4.78, 5) is 0. The van der Waals surface area contributed by atoms with Gasteiger partial charge in [-0.05, 0) is 59.4 Å². The summed E-state index contributed by atoms with van der Waals surface area (Å²) in [7, 11) is -9.42. The zero-order valence-electron chi connectivity index (χ0n) is 17.0. The minimum absolute atomic E-state index is 0.0203. The fourth-order valence-electron chi connectivity index (χ4n) is 4.98. The van der Waals surface area contributed by atoms with E-state index in [0.29, 0.717) is 44.0 Å². The standard InChI is InChI=1S/C21H24Br2O6S2/c1-3-5-19(30(24,25)26)21(20(6-4-2)31(27,28)29)17-11-13(22)7-9-15(17)16-10-8-14(23)12-18(16)21/h7-12,19-20H,3-6H2,1-2H3,(H,24,25,26)(H,27,28,29). The Kier molecular flexibility index (Phi) is 7.11. The van der Waals surface area contributed by atoms with Gasteiger partial charge in [-0.2, -0.15) is 16.8 Å². The molecule has 0 spiro atoms. The first-order valence-corrected chi connectivity index (χ1v) is 14.5. The highest BCUT2D eigenvalue weighted by Gasteiger charge is 2.60. The van der Waals surface area contributed by atoms with Crippen LogP contribution in [0.2, 0.25) is 0 Å². The van der Waals surface area contributed by atoms with Crippen LogP contribution in [-0.4, -0.2) is 36.4 Å². The molecular formula is C21H24Br2O6S2. The highest BCUT2D eigenvalue weighted by molar-refractivity contribution is 9.10. The van der Waals surface area contributed by atoms with Gasteiger partial charge >= 0.3 is 0 Å². The largest absolute Gasteiger partial charge is 0.285 e. The summed E-state index contributed by atoms with van der Waals surface area (Å²) in [6, 6.07) is 10.6. The minimum Gasteiger partial charge on any atom is -0.285 e. The van der Waals surface area contributed by atoms with Crippen molar-refractivity contribution in [3.05, 3.63) is 56.5 Å². The van der Waals surface area contributed by atoms with Crippen molar-refractivity contribution in [3.63, 3.8) is 0 Å². The molecule has 31 heavy (non-hydrogen) atoms. The number of halogens is 2. The van der Waals surface area contributed by atoms with E-state index in [1.54, 1.807) is 50.2 Å². The number of rotatable bonds is 8. The lowest BCUT2D eigenvalue weighted by Gasteiger charge is -2.42. The first kappa shape index (κ1) is 24.9. The van der Waals surface area contributed by atoms with Crippen LogP contribution in [0, 0.1) is 0 Å². The number of fused-ring (bicyclic) bond motifs is 3. The molecule has 2 atom stereocenters. The molecule has 0 bridgehead atoms. The Bertz CT molecular complexity index is 1110. The van der Waals surface area contributed by atoms with Gasteiger partial charge in [0.25, 0.3) is 20.2 Å². The molecule has 0 saturated heterocycles. The van der Waals surface area contributed by atoms with E-state index in [1.807, 2.05) is 0 Å². The van der Waals surface area contributed by atoms with Crippen LogP contribution in [0.15, 0.2) is 45.3 Å². The van der Waals surface area contributed by atoms with Gasteiger partial charge in [-0.1, -0.05) is 70.7 Å². The van der Waals surface area contributed by atoms with Crippen molar-refractivity contribution in [2.24, 2.45) is 0 Å². The fourth-order valence-corrected chi connectivity index (χ4v) is 8.63. The average Bonchev–Trinajstić information content (AvgIpc) is 2.91. The van der Waals surface area contributed by atoms with Crippen molar-refractivity contribution in [2.45, 2.75) is 55.4 Å². The Balaban J connectivity index is 2.61. The van der Waals surface area contributed by atoms with Gasteiger partial charge < -0.3 is 0 Å². The molecule has 0 amide bonds. The number of hydrogen-bond donors (Lipinski definition) is 2. The summed E-state index contributed by atoms with van der Waals surface area (Å²) in [5, 5.41) is -2.93. The van der Waals surface area contributed by atoms with Crippen molar-refractivity contribution >= 4 is 52.1 Å². The maximum absolute atomic E-state index is 12.8. The predicted molar refractivity (Wildman–Crippen MR) is 129 cm³/mol. The van der Waals surface area contributed by atoms with E-state index in [1.165, 1.54) is 0 Å². The maximum atomic E-state index is 12.8. The maximum Gasteiger partial charge on any atom is 0.269 e. The quantitative estimate of drug-likeness (QED) is 0.385. The zero-order valence-corrected chi connectivity index (χ0v) is 21.9. The van der Waals surface area contributed by atoms with E-state index in [2.05, 4.69) is 31.9 Å². The summed E-state index contributed by atoms with van der Waals surface area (Å²) >= 11 is 6.84. The van der Waals surface area contributed by atoms with Gasteiger partial charge in [0, 0.05) is 8.95 Å². The molecule has 2 aromatic rings. The van der Waals surface area contributed by atoms with E-state index < -0.39 is 36.2 Å². The third-order valence-electron chi connectivity index (χ3n) is 5.98. The lowest BCUT2D eigenvalue weighted by atomic mass is 9.70. The van der Waals surface area contributed by atoms with Gasteiger partial charge in [-0.3, -0.25) is 9.11 Å². The Hall–Kier alpha value is -0.780. The van der Waals surface area contributed by atoms with Crippen LogP contribution in [0.4, 0.5) is 0 Å². The monoisotopic (exact) mass is 594 g/mol. The first-order valence-electron chi connectivity index (χ1n) is 9.92. The van der Waals surface area contributed by atoms with Crippen molar-refractivity contribution in [2.75, 3.05) is 0 Å². The van der Waals surface area contributed by atoms with Crippen LogP contribution >= 0.6 is 31.9 Å². The zero-order chi connectivity index (χ0) is 23.2. The lowest BCUT2D eigenvalue weighted by molar-refractivity contribution is 0.357. The molecular weight excluding hydrogens is 572 g/mol. The molecule has 10 heteroatoms. The van der Waals surface area contributed by atoms with Crippen LogP contribution in [0.3, 0.4) is 0 Å². The molecule has 0 radical (unpaired) electrons. The fraction of sp³-hybridized carbons (Fsp3) is 0.429. The molecule has 0 saturated carbocycles. The van der Waals surface area contributed by atoms with Gasteiger partial charge in [0.05, 0.1) is 5.41 Å². The van der Waals surface area contributed by atoms with Crippen molar-refractivity contribution < 1.29 is 25.9 Å². The first-order chi connectivity index (χ1) is 14.4. The molecule has 6 nitrogen and oxygen atoms in total. The van der Waals surface area contributed by atoms with Crippen LogP contribution < -0.4 is 0 Å². The highest BCUT2D eigenvalue weighted by atomic mass is 79.9.